The number of piperidine rings is 1. The van der Waals surface area contributed by atoms with Crippen LogP contribution in [0.5, 0.6) is 0 Å². The summed E-state index contributed by atoms with van der Waals surface area (Å²) in [7, 11) is 0. The number of amides is 1. The molecule has 0 bridgehead atoms. The zero-order chi connectivity index (χ0) is 20.9. The van der Waals surface area contributed by atoms with Gasteiger partial charge in [-0.3, -0.25) is 4.79 Å². The molecule has 2 aliphatic heterocycles. The Balaban J connectivity index is 1.92. The Bertz CT molecular complexity index is 985. The van der Waals surface area contributed by atoms with Gasteiger partial charge in [0, 0.05) is 17.7 Å². The first-order valence-corrected chi connectivity index (χ1v) is 10.4. The first kappa shape index (κ1) is 19.7. The van der Waals surface area contributed by atoms with Crippen molar-refractivity contribution in [1.29, 1.82) is 0 Å². The fourth-order valence-corrected chi connectivity index (χ4v) is 4.84. The van der Waals surface area contributed by atoms with Gasteiger partial charge < -0.3 is 14.4 Å². The number of benzene rings is 1. The monoisotopic (exact) mass is 396 g/mol. The number of aromatic nitrogens is 1. The van der Waals surface area contributed by atoms with Crippen molar-refractivity contribution in [2.45, 2.75) is 71.1 Å². The van der Waals surface area contributed by atoms with Crippen LogP contribution in [0.2, 0.25) is 0 Å². The topological polar surface area (TPSA) is 68.6 Å². The summed E-state index contributed by atoms with van der Waals surface area (Å²) in [6.07, 6.45) is 3.12. The van der Waals surface area contributed by atoms with Gasteiger partial charge in [-0.25, -0.2) is 9.36 Å². The van der Waals surface area contributed by atoms with E-state index in [0.717, 1.165) is 47.7 Å². The lowest BCUT2D eigenvalue weighted by Gasteiger charge is -2.45. The van der Waals surface area contributed by atoms with Gasteiger partial charge in [-0.05, 0) is 51.7 Å². The summed E-state index contributed by atoms with van der Waals surface area (Å²) in [6, 6.07) is 6.92. The highest BCUT2D eigenvalue weighted by Crippen LogP contribution is 2.45. The maximum Gasteiger partial charge on any atom is 0.419 e. The maximum atomic E-state index is 13.2. The second-order valence-corrected chi connectivity index (χ2v) is 9.05. The number of rotatable bonds is 2. The summed E-state index contributed by atoms with van der Waals surface area (Å²) in [6.45, 7) is 7.53. The number of ether oxygens (including phenoxy) is 1. The molecule has 1 amide bonds. The van der Waals surface area contributed by atoms with Crippen LogP contribution in [0.1, 0.15) is 64.3 Å². The third-order valence-corrected chi connectivity index (χ3v) is 6.06. The molecule has 4 rings (SSSR count). The Morgan fingerprint density at radius 3 is 2.62 bits per heavy atom. The number of nitrogens with zero attached hydrogens (tertiary/aromatic N) is 2. The van der Waals surface area contributed by atoms with Crippen molar-refractivity contribution in [3.05, 3.63) is 35.5 Å². The molecule has 0 radical (unpaired) electrons. The van der Waals surface area contributed by atoms with Gasteiger partial charge in [-0.2, -0.15) is 0 Å². The molecule has 2 aromatic rings. The standard InChI is InChI=1S/C23H28N2O4/c1-5-14-10-11-19-20-17(12-15(13-26)24(19)21(14)27)16-8-6-7-9-18(16)25(20)22(28)29-23(2,3)4/h6-9,13-15,19H,5,10-12H2,1-4H3/t14-,15+,19+/m1/s1. The van der Waals surface area contributed by atoms with Gasteiger partial charge in [-0.1, -0.05) is 25.1 Å². The molecule has 0 saturated carbocycles. The quantitative estimate of drug-likeness (QED) is 0.712. The third kappa shape index (κ3) is 3.15. The predicted octanol–water partition coefficient (Wildman–Crippen LogP) is 4.24. The van der Waals surface area contributed by atoms with E-state index in [9.17, 15) is 14.4 Å². The molecule has 1 fully saturated rings. The molecule has 0 unspecified atom stereocenters. The number of fused-ring (bicyclic) bond motifs is 5. The predicted molar refractivity (Wildman–Crippen MR) is 110 cm³/mol. The van der Waals surface area contributed by atoms with Gasteiger partial charge in [-0.15, -0.1) is 0 Å². The van der Waals surface area contributed by atoms with Crippen molar-refractivity contribution >= 4 is 29.2 Å². The van der Waals surface area contributed by atoms with Crippen molar-refractivity contribution < 1.29 is 19.1 Å². The van der Waals surface area contributed by atoms with Gasteiger partial charge >= 0.3 is 6.09 Å². The second-order valence-electron chi connectivity index (χ2n) is 9.05. The molecule has 0 spiro atoms. The lowest BCUT2D eigenvalue weighted by Crippen LogP contribution is -2.53. The minimum absolute atomic E-state index is 0.0208. The summed E-state index contributed by atoms with van der Waals surface area (Å²) in [5.41, 5.74) is 1.92. The molecular formula is C23H28N2O4. The lowest BCUT2D eigenvalue weighted by atomic mass is 9.82. The van der Waals surface area contributed by atoms with E-state index in [0.29, 0.717) is 6.42 Å². The average molecular weight is 396 g/mol. The summed E-state index contributed by atoms with van der Waals surface area (Å²) in [4.78, 5) is 40.0. The molecule has 154 valence electrons. The van der Waals surface area contributed by atoms with Crippen molar-refractivity contribution in [3.63, 3.8) is 0 Å². The first-order valence-electron chi connectivity index (χ1n) is 10.4. The molecule has 6 heteroatoms. The van der Waals surface area contributed by atoms with Crippen LogP contribution in [0.3, 0.4) is 0 Å². The highest BCUT2D eigenvalue weighted by molar-refractivity contribution is 5.95. The van der Waals surface area contributed by atoms with Crippen LogP contribution < -0.4 is 0 Å². The Morgan fingerprint density at radius 2 is 1.97 bits per heavy atom. The molecule has 3 heterocycles. The number of para-hydroxylation sites is 1. The van der Waals surface area contributed by atoms with Crippen molar-refractivity contribution in [2.24, 2.45) is 5.92 Å². The van der Waals surface area contributed by atoms with E-state index in [1.54, 1.807) is 9.47 Å². The Hall–Kier alpha value is -2.63. The van der Waals surface area contributed by atoms with Crippen molar-refractivity contribution in [1.82, 2.24) is 9.47 Å². The van der Waals surface area contributed by atoms with Crippen LogP contribution in [0, 0.1) is 5.92 Å². The summed E-state index contributed by atoms with van der Waals surface area (Å²) < 4.78 is 7.34. The molecule has 1 aromatic carbocycles. The van der Waals surface area contributed by atoms with Crippen LogP contribution in [-0.2, 0) is 20.7 Å². The van der Waals surface area contributed by atoms with Crippen molar-refractivity contribution in [3.8, 4) is 0 Å². The fourth-order valence-electron chi connectivity index (χ4n) is 4.84. The molecule has 0 aliphatic carbocycles. The highest BCUT2D eigenvalue weighted by atomic mass is 16.6. The average Bonchev–Trinajstić information content (AvgIpc) is 3.01. The van der Waals surface area contributed by atoms with Crippen LogP contribution >= 0.6 is 0 Å². The van der Waals surface area contributed by atoms with Gasteiger partial charge in [0.25, 0.3) is 0 Å². The van der Waals surface area contributed by atoms with Crippen LogP contribution in [0.15, 0.2) is 24.3 Å². The number of carbonyl (C=O) groups is 3. The lowest BCUT2D eigenvalue weighted by molar-refractivity contribution is -0.148. The largest absolute Gasteiger partial charge is 0.443 e. The third-order valence-electron chi connectivity index (χ3n) is 6.06. The van der Waals surface area contributed by atoms with E-state index in [4.69, 9.17) is 4.74 Å². The number of hydrogen-bond donors (Lipinski definition) is 0. The second kappa shape index (κ2) is 7.01. The molecule has 0 N–H and O–H groups in total. The van der Waals surface area contributed by atoms with E-state index >= 15 is 0 Å². The van der Waals surface area contributed by atoms with E-state index < -0.39 is 17.7 Å². The molecule has 1 saturated heterocycles. The van der Waals surface area contributed by atoms with Gasteiger partial charge in [0.2, 0.25) is 5.91 Å². The Labute approximate surface area is 170 Å². The number of carbonyl (C=O) groups excluding carboxylic acids is 3. The van der Waals surface area contributed by atoms with E-state index in [1.807, 2.05) is 52.0 Å². The van der Waals surface area contributed by atoms with E-state index in [-0.39, 0.29) is 17.9 Å². The van der Waals surface area contributed by atoms with Crippen LogP contribution in [0.25, 0.3) is 10.9 Å². The fraction of sp³-hybridized carbons (Fsp3) is 0.522. The van der Waals surface area contributed by atoms with Crippen molar-refractivity contribution in [2.75, 3.05) is 0 Å². The van der Waals surface area contributed by atoms with E-state index in [2.05, 4.69) is 0 Å². The molecule has 1 aromatic heterocycles. The Morgan fingerprint density at radius 1 is 1.24 bits per heavy atom. The van der Waals surface area contributed by atoms with E-state index in [1.165, 1.54) is 0 Å². The number of hydrogen-bond acceptors (Lipinski definition) is 4. The molecular weight excluding hydrogens is 368 g/mol. The minimum Gasteiger partial charge on any atom is -0.443 e. The normalized spacial score (nSPS) is 24.2. The smallest absolute Gasteiger partial charge is 0.419 e. The molecule has 2 aliphatic rings. The summed E-state index contributed by atoms with van der Waals surface area (Å²) >= 11 is 0. The van der Waals surface area contributed by atoms with Gasteiger partial charge in [0.1, 0.15) is 11.9 Å². The van der Waals surface area contributed by atoms with Crippen LogP contribution in [0.4, 0.5) is 4.79 Å². The number of aldehydes is 1. The molecule has 29 heavy (non-hydrogen) atoms. The summed E-state index contributed by atoms with van der Waals surface area (Å²) in [5, 5.41) is 0.949. The zero-order valence-corrected chi connectivity index (χ0v) is 17.5. The highest BCUT2D eigenvalue weighted by Gasteiger charge is 2.46. The Kier molecular flexibility index (Phi) is 4.75. The minimum atomic E-state index is -0.634. The maximum absolute atomic E-state index is 13.2. The molecule has 3 atom stereocenters. The zero-order valence-electron chi connectivity index (χ0n) is 17.5. The summed E-state index contributed by atoms with van der Waals surface area (Å²) in [5.74, 6) is -0.0397. The SMILES string of the molecule is CC[C@@H]1CC[C@H]2c3c(c4ccccc4n3C(=O)OC(C)(C)C)C[C@@H](C=O)N2C1=O. The van der Waals surface area contributed by atoms with Crippen LogP contribution in [-0.4, -0.2) is 39.4 Å². The van der Waals surface area contributed by atoms with Gasteiger partial charge in [0.15, 0.2) is 0 Å². The molecule has 6 nitrogen and oxygen atoms in total. The first-order chi connectivity index (χ1) is 13.8. The van der Waals surface area contributed by atoms with Gasteiger partial charge in [0.05, 0.1) is 23.3 Å².